The summed E-state index contributed by atoms with van der Waals surface area (Å²) in [6.45, 7) is 3.11. The summed E-state index contributed by atoms with van der Waals surface area (Å²) in [5.74, 6) is 1.95. The smallest absolute Gasteiger partial charge is 0.140 e. The van der Waals surface area contributed by atoms with E-state index in [0.29, 0.717) is 18.1 Å². The first-order chi connectivity index (χ1) is 8.79. The quantitative estimate of drug-likeness (QED) is 0.773. The van der Waals surface area contributed by atoms with Crippen LogP contribution in [-0.4, -0.2) is 15.3 Å². The highest BCUT2D eigenvalue weighted by molar-refractivity contribution is 5.80. The summed E-state index contributed by atoms with van der Waals surface area (Å²) in [5.41, 5.74) is 0. The van der Waals surface area contributed by atoms with Gasteiger partial charge in [-0.2, -0.15) is 0 Å². The van der Waals surface area contributed by atoms with E-state index in [1.807, 2.05) is 6.20 Å². The molecule has 1 aromatic rings. The van der Waals surface area contributed by atoms with E-state index in [2.05, 4.69) is 16.5 Å². The molecule has 0 amide bonds. The van der Waals surface area contributed by atoms with Gasteiger partial charge in [-0.25, -0.2) is 4.98 Å². The molecule has 3 nitrogen and oxygen atoms in total. The maximum Gasteiger partial charge on any atom is 0.140 e. The van der Waals surface area contributed by atoms with Crippen molar-refractivity contribution in [3.05, 3.63) is 18.2 Å². The molecular formula is C15H24N2O. The summed E-state index contributed by atoms with van der Waals surface area (Å²) in [6.07, 6.45) is 12.6. The van der Waals surface area contributed by atoms with Crippen molar-refractivity contribution in [2.24, 2.45) is 5.92 Å². The lowest BCUT2D eigenvalue weighted by atomic mass is 9.85. The van der Waals surface area contributed by atoms with Crippen molar-refractivity contribution >= 4 is 5.78 Å². The van der Waals surface area contributed by atoms with Crippen LogP contribution in [0.2, 0.25) is 0 Å². The zero-order chi connectivity index (χ0) is 12.8. The highest BCUT2D eigenvalue weighted by Gasteiger charge is 2.18. The number of nitrogens with zero attached hydrogens (tertiary/aromatic N) is 2. The lowest BCUT2D eigenvalue weighted by Crippen LogP contribution is -2.15. The fourth-order valence-electron chi connectivity index (χ4n) is 2.91. The molecule has 2 rings (SSSR count). The van der Waals surface area contributed by atoms with Crippen LogP contribution in [0.4, 0.5) is 0 Å². The Kier molecular flexibility index (Phi) is 4.97. The molecule has 1 fully saturated rings. The Morgan fingerprint density at radius 3 is 2.89 bits per heavy atom. The van der Waals surface area contributed by atoms with Gasteiger partial charge in [0.1, 0.15) is 11.6 Å². The van der Waals surface area contributed by atoms with Crippen molar-refractivity contribution in [1.82, 2.24) is 9.55 Å². The number of imidazole rings is 1. The normalized spacial score (nSPS) is 16.9. The van der Waals surface area contributed by atoms with Crippen LogP contribution < -0.4 is 0 Å². The second-order valence-corrected chi connectivity index (χ2v) is 5.46. The largest absolute Gasteiger partial charge is 0.335 e. The van der Waals surface area contributed by atoms with E-state index in [0.717, 1.165) is 25.2 Å². The minimum absolute atomic E-state index is 0.366. The number of hydrogen-bond donors (Lipinski definition) is 0. The molecule has 0 N–H and O–H groups in total. The Bertz CT molecular complexity index is 378. The lowest BCUT2D eigenvalue weighted by molar-refractivity contribution is -0.119. The molecule has 0 unspecified atom stereocenters. The highest BCUT2D eigenvalue weighted by atomic mass is 16.1. The molecule has 0 aromatic carbocycles. The molecule has 100 valence electrons. The maximum atomic E-state index is 12.1. The summed E-state index contributed by atoms with van der Waals surface area (Å²) in [6, 6.07) is 0. The summed E-state index contributed by atoms with van der Waals surface area (Å²) >= 11 is 0. The molecule has 0 bridgehead atoms. The van der Waals surface area contributed by atoms with Crippen LogP contribution in [0.1, 0.15) is 57.7 Å². The van der Waals surface area contributed by atoms with Gasteiger partial charge in [0, 0.05) is 25.4 Å². The number of aromatic nitrogens is 2. The van der Waals surface area contributed by atoms with Crippen molar-refractivity contribution in [1.29, 1.82) is 0 Å². The number of ketones is 1. The predicted octanol–water partition coefficient (Wildman–Crippen LogP) is 3.38. The zero-order valence-electron chi connectivity index (χ0n) is 11.4. The maximum absolute atomic E-state index is 12.1. The third-order valence-corrected chi connectivity index (χ3v) is 3.86. The molecule has 0 radical (unpaired) electrons. The minimum atomic E-state index is 0.366. The lowest BCUT2D eigenvalue weighted by Gasteiger charge is -2.20. The van der Waals surface area contributed by atoms with Crippen molar-refractivity contribution in [2.45, 2.75) is 64.8 Å². The van der Waals surface area contributed by atoms with Crippen molar-refractivity contribution in [2.75, 3.05) is 0 Å². The molecule has 1 aliphatic carbocycles. The molecule has 18 heavy (non-hydrogen) atoms. The van der Waals surface area contributed by atoms with Crippen LogP contribution in [0.5, 0.6) is 0 Å². The summed E-state index contributed by atoms with van der Waals surface area (Å²) in [5, 5.41) is 0. The molecule has 1 heterocycles. The number of hydrogen-bond acceptors (Lipinski definition) is 2. The van der Waals surface area contributed by atoms with Gasteiger partial charge >= 0.3 is 0 Å². The number of Topliss-reactive ketones (excluding diaryl/α,β-unsaturated/α-hetero) is 1. The van der Waals surface area contributed by atoms with Crippen LogP contribution in [0, 0.1) is 5.92 Å². The molecule has 1 saturated carbocycles. The third kappa shape index (κ3) is 3.69. The number of carbonyl (C=O) groups excluding carboxylic acids is 1. The van der Waals surface area contributed by atoms with Gasteiger partial charge in [-0.15, -0.1) is 0 Å². The summed E-state index contributed by atoms with van der Waals surface area (Å²) in [4.78, 5) is 16.4. The van der Waals surface area contributed by atoms with E-state index in [-0.39, 0.29) is 0 Å². The van der Waals surface area contributed by atoms with E-state index in [1.54, 1.807) is 6.20 Å². The van der Waals surface area contributed by atoms with Gasteiger partial charge < -0.3 is 4.57 Å². The van der Waals surface area contributed by atoms with Gasteiger partial charge in [0.15, 0.2) is 0 Å². The highest BCUT2D eigenvalue weighted by Crippen LogP contribution is 2.26. The minimum Gasteiger partial charge on any atom is -0.335 e. The SMILES string of the molecule is CCCn1ccnc1CC(=O)CC1CCCCC1. The molecule has 3 heteroatoms. The van der Waals surface area contributed by atoms with E-state index < -0.39 is 0 Å². The second kappa shape index (κ2) is 6.72. The van der Waals surface area contributed by atoms with Crippen LogP contribution in [0.3, 0.4) is 0 Å². The number of rotatable bonds is 6. The average Bonchev–Trinajstić information content (AvgIpc) is 2.78. The Balaban J connectivity index is 1.84. The van der Waals surface area contributed by atoms with Gasteiger partial charge in [-0.05, 0) is 12.3 Å². The van der Waals surface area contributed by atoms with E-state index in [1.165, 1.54) is 32.1 Å². The standard InChI is InChI=1S/C15H24N2O/c1-2-9-17-10-8-16-15(17)12-14(18)11-13-6-4-3-5-7-13/h8,10,13H,2-7,9,11-12H2,1H3. The Morgan fingerprint density at radius 1 is 1.39 bits per heavy atom. The van der Waals surface area contributed by atoms with E-state index >= 15 is 0 Å². The fourth-order valence-corrected chi connectivity index (χ4v) is 2.91. The van der Waals surface area contributed by atoms with Crippen LogP contribution >= 0.6 is 0 Å². The zero-order valence-corrected chi connectivity index (χ0v) is 11.4. The van der Waals surface area contributed by atoms with Crippen LogP contribution in [0.25, 0.3) is 0 Å². The number of carbonyl (C=O) groups is 1. The first-order valence-electron chi connectivity index (χ1n) is 7.31. The van der Waals surface area contributed by atoms with Gasteiger partial charge in [-0.1, -0.05) is 39.0 Å². The Morgan fingerprint density at radius 2 is 2.17 bits per heavy atom. The molecular weight excluding hydrogens is 224 g/mol. The molecule has 0 atom stereocenters. The third-order valence-electron chi connectivity index (χ3n) is 3.86. The van der Waals surface area contributed by atoms with Gasteiger partial charge in [0.05, 0.1) is 6.42 Å². The fraction of sp³-hybridized carbons (Fsp3) is 0.733. The number of aryl methyl sites for hydroxylation is 1. The molecule has 1 aliphatic rings. The summed E-state index contributed by atoms with van der Waals surface area (Å²) in [7, 11) is 0. The van der Waals surface area contributed by atoms with Gasteiger partial charge in [0.25, 0.3) is 0 Å². The monoisotopic (exact) mass is 248 g/mol. The second-order valence-electron chi connectivity index (χ2n) is 5.46. The van der Waals surface area contributed by atoms with Crippen molar-refractivity contribution in [3.63, 3.8) is 0 Å². The molecule has 0 saturated heterocycles. The Hall–Kier alpha value is -1.12. The van der Waals surface area contributed by atoms with Crippen LogP contribution in [-0.2, 0) is 17.8 Å². The van der Waals surface area contributed by atoms with Crippen molar-refractivity contribution < 1.29 is 4.79 Å². The molecule has 1 aromatic heterocycles. The molecule has 0 aliphatic heterocycles. The van der Waals surface area contributed by atoms with E-state index in [9.17, 15) is 4.79 Å². The predicted molar refractivity (Wildman–Crippen MR) is 72.4 cm³/mol. The first kappa shape index (κ1) is 13.3. The van der Waals surface area contributed by atoms with Gasteiger partial charge in [0.2, 0.25) is 0 Å². The molecule has 0 spiro atoms. The van der Waals surface area contributed by atoms with Crippen molar-refractivity contribution in [3.8, 4) is 0 Å². The van der Waals surface area contributed by atoms with E-state index in [4.69, 9.17) is 0 Å². The average molecular weight is 248 g/mol. The summed E-state index contributed by atoms with van der Waals surface area (Å²) < 4.78 is 2.11. The van der Waals surface area contributed by atoms with Gasteiger partial charge in [-0.3, -0.25) is 4.79 Å². The Labute approximate surface area is 110 Å². The topological polar surface area (TPSA) is 34.9 Å². The van der Waals surface area contributed by atoms with Crippen LogP contribution in [0.15, 0.2) is 12.4 Å². The first-order valence-corrected chi connectivity index (χ1v) is 7.31.